The Balaban J connectivity index is 0.00000150. The van der Waals surface area contributed by atoms with E-state index in [2.05, 4.69) is 19.1 Å². The van der Waals surface area contributed by atoms with Gasteiger partial charge in [-0.3, -0.25) is 0 Å². The Morgan fingerprint density at radius 3 is 2.77 bits per heavy atom. The smallest absolute Gasteiger partial charge is 0.331 e. The zero-order valence-corrected chi connectivity index (χ0v) is 15.5. The van der Waals surface area contributed by atoms with Crippen molar-refractivity contribution in [3.63, 3.8) is 0 Å². The van der Waals surface area contributed by atoms with E-state index < -0.39 is 0 Å². The Kier molecular flexibility index (Phi) is 3.28. The number of rotatable bonds is 0. The summed E-state index contributed by atoms with van der Waals surface area (Å²) >= 11 is 0. The number of hydrogen-bond acceptors (Lipinski definition) is 3. The zero-order chi connectivity index (χ0) is 17.0. The predicted octanol–water partition coefficient (Wildman–Crippen LogP) is 3.46. The quantitative estimate of drug-likeness (QED) is 0.675. The SMILES string of the molecule is C[C@]12CCC3C(C4CC4C4=CC(=N)CC[C@@H]43)C1CC[C@@]21C=CC(=O)O1.O. The number of carbonyl (C=O) groups is 1. The first-order valence-corrected chi connectivity index (χ1v) is 10.2. The second-order valence-corrected chi connectivity index (χ2v) is 9.81. The summed E-state index contributed by atoms with van der Waals surface area (Å²) in [6.07, 6.45) is 14.3. The van der Waals surface area contributed by atoms with Gasteiger partial charge in [0.1, 0.15) is 5.60 Å². The minimum absolute atomic E-state index is 0. The lowest BCUT2D eigenvalue weighted by Crippen LogP contribution is -2.53. The average molecular weight is 355 g/mol. The molecule has 0 bridgehead atoms. The summed E-state index contributed by atoms with van der Waals surface area (Å²) < 4.78 is 5.94. The molecular formula is C22H29NO3. The van der Waals surface area contributed by atoms with Crippen LogP contribution in [0.25, 0.3) is 0 Å². The van der Waals surface area contributed by atoms with Crippen LogP contribution in [-0.4, -0.2) is 22.8 Å². The first-order valence-electron chi connectivity index (χ1n) is 10.2. The van der Waals surface area contributed by atoms with Crippen LogP contribution >= 0.6 is 0 Å². The zero-order valence-electron chi connectivity index (χ0n) is 15.5. The van der Waals surface area contributed by atoms with Crippen LogP contribution in [0.15, 0.2) is 23.8 Å². The number of fused-ring (bicyclic) bond motifs is 9. The molecule has 1 spiro atoms. The second kappa shape index (κ2) is 5.09. The van der Waals surface area contributed by atoms with E-state index in [1.807, 2.05) is 0 Å². The molecule has 0 aromatic heterocycles. The van der Waals surface area contributed by atoms with Crippen molar-refractivity contribution in [1.82, 2.24) is 0 Å². The third-order valence-corrected chi connectivity index (χ3v) is 9.11. The van der Waals surface area contributed by atoms with Crippen molar-refractivity contribution < 1.29 is 15.0 Å². The molecule has 140 valence electrons. The molecule has 0 saturated heterocycles. The van der Waals surface area contributed by atoms with E-state index in [9.17, 15) is 4.79 Å². The molecule has 4 heteroatoms. The summed E-state index contributed by atoms with van der Waals surface area (Å²) in [6.45, 7) is 2.42. The van der Waals surface area contributed by atoms with Crippen molar-refractivity contribution in [1.29, 1.82) is 5.41 Å². The Hall–Kier alpha value is -1.42. The van der Waals surface area contributed by atoms with Crippen LogP contribution in [0.3, 0.4) is 0 Å². The second-order valence-electron chi connectivity index (χ2n) is 9.81. The summed E-state index contributed by atoms with van der Waals surface area (Å²) in [6, 6.07) is 0. The molecule has 26 heavy (non-hydrogen) atoms. The molecule has 6 aliphatic rings. The Morgan fingerprint density at radius 2 is 2.00 bits per heavy atom. The molecule has 0 aromatic rings. The fourth-order valence-electron chi connectivity index (χ4n) is 7.96. The third-order valence-electron chi connectivity index (χ3n) is 9.11. The highest BCUT2D eigenvalue weighted by Crippen LogP contribution is 2.72. The van der Waals surface area contributed by atoms with Crippen molar-refractivity contribution in [3.05, 3.63) is 23.8 Å². The van der Waals surface area contributed by atoms with Gasteiger partial charge < -0.3 is 15.6 Å². The summed E-state index contributed by atoms with van der Waals surface area (Å²) in [5, 5.41) is 8.10. The number of hydrogen-bond donors (Lipinski definition) is 1. The summed E-state index contributed by atoms with van der Waals surface area (Å²) in [5.74, 6) is 4.58. The van der Waals surface area contributed by atoms with Crippen LogP contribution in [0.1, 0.15) is 51.9 Å². The molecule has 4 saturated carbocycles. The standard InChI is InChI=1S/C22H27NO2.H2O/c1-21-7-4-14-13-3-2-12(23)10-15(13)16-11-17(16)20(14)18(21)5-8-22(21)9-6-19(24)25-22;/h6,9-10,13-14,16-18,20,23H,2-5,7-8,11H2,1H3;1H2/t13-,14?,16?,17?,18?,20?,21+,22-;/m1./s1. The lowest BCUT2D eigenvalue weighted by Gasteiger charge is -2.55. The predicted molar refractivity (Wildman–Crippen MR) is 98.8 cm³/mol. The van der Waals surface area contributed by atoms with E-state index in [4.69, 9.17) is 10.1 Å². The largest absolute Gasteiger partial charge is 0.451 e. The van der Waals surface area contributed by atoms with E-state index in [0.717, 1.165) is 48.1 Å². The molecule has 5 unspecified atom stereocenters. The molecule has 6 rings (SSSR count). The van der Waals surface area contributed by atoms with Crippen LogP contribution in [0.4, 0.5) is 0 Å². The molecule has 0 aromatic carbocycles. The molecule has 3 N–H and O–H groups in total. The van der Waals surface area contributed by atoms with E-state index in [-0.39, 0.29) is 22.5 Å². The van der Waals surface area contributed by atoms with Crippen LogP contribution in [0.2, 0.25) is 0 Å². The maximum Gasteiger partial charge on any atom is 0.331 e. The number of nitrogens with one attached hydrogen (secondary N) is 1. The highest BCUT2D eigenvalue weighted by atomic mass is 16.6. The molecule has 4 nitrogen and oxygen atoms in total. The average Bonchev–Trinajstić information content (AvgIpc) is 3.23. The first-order chi connectivity index (χ1) is 12.0. The van der Waals surface area contributed by atoms with Crippen molar-refractivity contribution >= 4 is 11.7 Å². The van der Waals surface area contributed by atoms with Crippen molar-refractivity contribution in [2.45, 2.75) is 57.5 Å². The molecule has 5 aliphatic carbocycles. The van der Waals surface area contributed by atoms with Gasteiger partial charge in [0.25, 0.3) is 0 Å². The van der Waals surface area contributed by atoms with Crippen molar-refractivity contribution in [2.75, 3.05) is 0 Å². The topological polar surface area (TPSA) is 81.7 Å². The highest BCUT2D eigenvalue weighted by Gasteiger charge is 2.69. The van der Waals surface area contributed by atoms with Crippen molar-refractivity contribution in [3.8, 4) is 0 Å². The van der Waals surface area contributed by atoms with Gasteiger partial charge in [-0.05, 0) is 92.6 Å². The van der Waals surface area contributed by atoms with Crippen LogP contribution in [0, 0.1) is 46.3 Å². The molecule has 1 aliphatic heterocycles. The Bertz CT molecular complexity index is 754. The number of esters is 1. The minimum Gasteiger partial charge on any atom is -0.451 e. The minimum atomic E-state index is -0.311. The van der Waals surface area contributed by atoms with Gasteiger partial charge in [0, 0.05) is 17.2 Å². The van der Waals surface area contributed by atoms with E-state index in [1.165, 1.54) is 32.1 Å². The van der Waals surface area contributed by atoms with E-state index >= 15 is 0 Å². The van der Waals surface area contributed by atoms with Crippen LogP contribution in [-0.2, 0) is 9.53 Å². The van der Waals surface area contributed by atoms with Gasteiger partial charge in [-0.15, -0.1) is 0 Å². The molecule has 4 fully saturated rings. The summed E-state index contributed by atoms with van der Waals surface area (Å²) in [7, 11) is 0. The highest BCUT2D eigenvalue weighted by molar-refractivity contribution is 5.94. The van der Waals surface area contributed by atoms with Crippen LogP contribution < -0.4 is 0 Å². The lowest BCUT2D eigenvalue weighted by atomic mass is 9.50. The molecule has 0 radical (unpaired) electrons. The molecule has 8 atom stereocenters. The van der Waals surface area contributed by atoms with Gasteiger partial charge in [0.2, 0.25) is 0 Å². The van der Waals surface area contributed by atoms with Gasteiger partial charge >= 0.3 is 5.97 Å². The first kappa shape index (κ1) is 16.7. The Labute approximate surface area is 154 Å². The molecule has 0 amide bonds. The van der Waals surface area contributed by atoms with Gasteiger partial charge in [-0.2, -0.15) is 0 Å². The summed E-state index contributed by atoms with van der Waals surface area (Å²) in [4.78, 5) is 11.9. The van der Waals surface area contributed by atoms with Gasteiger partial charge in [-0.1, -0.05) is 12.5 Å². The molecular weight excluding hydrogens is 326 g/mol. The van der Waals surface area contributed by atoms with E-state index in [0.29, 0.717) is 5.92 Å². The lowest BCUT2D eigenvalue weighted by molar-refractivity contribution is -0.161. The van der Waals surface area contributed by atoms with Crippen molar-refractivity contribution in [2.24, 2.45) is 40.9 Å². The molecule has 1 heterocycles. The van der Waals surface area contributed by atoms with E-state index in [1.54, 1.807) is 11.6 Å². The number of allylic oxidation sites excluding steroid dienone is 2. The maximum absolute atomic E-state index is 11.9. The van der Waals surface area contributed by atoms with Gasteiger partial charge in [0.05, 0.1) is 0 Å². The summed E-state index contributed by atoms with van der Waals surface area (Å²) in [5.41, 5.74) is 2.33. The maximum atomic E-state index is 11.9. The van der Waals surface area contributed by atoms with Gasteiger partial charge in [0.15, 0.2) is 0 Å². The third kappa shape index (κ3) is 1.84. The fraction of sp³-hybridized carbons (Fsp3) is 0.727. The monoisotopic (exact) mass is 355 g/mol. The Morgan fingerprint density at radius 1 is 1.15 bits per heavy atom. The van der Waals surface area contributed by atoms with Gasteiger partial charge in [-0.25, -0.2) is 4.79 Å². The normalized spacial score (nSPS) is 53.0. The fourth-order valence-corrected chi connectivity index (χ4v) is 7.96. The number of carbonyl (C=O) groups excluding carboxylic acids is 1. The number of ether oxygens (including phenoxy) is 1. The van der Waals surface area contributed by atoms with Crippen LogP contribution in [0.5, 0.6) is 0 Å².